The number of carbonyl (C=O) groups is 1. The maximum absolute atomic E-state index is 15.0. The summed E-state index contributed by atoms with van der Waals surface area (Å²) in [5.41, 5.74) is -1.36. The molecule has 2 heterocycles. The molecule has 1 fully saturated rings. The van der Waals surface area contributed by atoms with Crippen LogP contribution < -0.4 is 10.2 Å². The molecule has 0 spiro atoms. The van der Waals surface area contributed by atoms with Crippen molar-refractivity contribution in [2.45, 2.75) is 57.7 Å². The second kappa shape index (κ2) is 5.24. The van der Waals surface area contributed by atoms with Gasteiger partial charge in [0.05, 0.1) is 12.7 Å². The first-order valence-electron chi connectivity index (χ1n) is 7.64. The first-order valence-corrected chi connectivity index (χ1v) is 7.64. The van der Waals surface area contributed by atoms with Crippen molar-refractivity contribution in [3.05, 3.63) is 12.0 Å². The van der Waals surface area contributed by atoms with Crippen LogP contribution in [0.3, 0.4) is 0 Å². The van der Waals surface area contributed by atoms with E-state index in [1.165, 1.54) is 0 Å². The number of nitrogens with one attached hydrogen (secondary N) is 1. The Bertz CT molecular complexity index is 559. The predicted octanol–water partition coefficient (Wildman–Crippen LogP) is 2.60. The Balaban J connectivity index is 2.06. The molecular formula is C15H21FN4O. The average Bonchev–Trinajstić information content (AvgIpc) is 2.97. The van der Waals surface area contributed by atoms with Gasteiger partial charge in [0.2, 0.25) is 5.67 Å². The van der Waals surface area contributed by atoms with E-state index in [4.69, 9.17) is 0 Å². The van der Waals surface area contributed by atoms with Crippen molar-refractivity contribution < 1.29 is 9.18 Å². The van der Waals surface area contributed by atoms with E-state index in [1.807, 2.05) is 11.8 Å². The van der Waals surface area contributed by atoms with Crippen LogP contribution in [0.15, 0.2) is 6.20 Å². The van der Waals surface area contributed by atoms with Crippen molar-refractivity contribution in [1.29, 1.82) is 0 Å². The van der Waals surface area contributed by atoms with Gasteiger partial charge < -0.3 is 10.2 Å². The Labute approximate surface area is 124 Å². The number of anilines is 2. The summed E-state index contributed by atoms with van der Waals surface area (Å²) in [6.45, 7) is 3.59. The molecule has 0 aromatic carbocycles. The first kappa shape index (κ1) is 14.2. The van der Waals surface area contributed by atoms with E-state index in [0.717, 1.165) is 25.7 Å². The molecule has 0 saturated heterocycles. The van der Waals surface area contributed by atoms with Crippen LogP contribution in [0.5, 0.6) is 0 Å². The summed E-state index contributed by atoms with van der Waals surface area (Å²) >= 11 is 0. The summed E-state index contributed by atoms with van der Waals surface area (Å²) in [5.74, 6) is 0.712. The minimum atomic E-state index is -1.88. The van der Waals surface area contributed by atoms with Gasteiger partial charge in [0.25, 0.3) is 5.91 Å². The van der Waals surface area contributed by atoms with Gasteiger partial charge in [-0.1, -0.05) is 19.8 Å². The number of rotatable bonds is 2. The predicted molar refractivity (Wildman–Crippen MR) is 79.1 cm³/mol. The summed E-state index contributed by atoms with van der Waals surface area (Å²) in [6, 6.07) is 0.257. The maximum atomic E-state index is 15.0. The second-order valence-electron chi connectivity index (χ2n) is 5.99. The van der Waals surface area contributed by atoms with Crippen LogP contribution >= 0.6 is 0 Å². The standard InChI is InChI=1S/C15H21FN4O/c1-3-15(16)9-20(11-6-4-5-7-11)13-12(19-14(15)21)8-17-10(2)18-13/h8,11H,3-7,9H2,1-2H3,(H,19,21). The lowest BCUT2D eigenvalue weighted by molar-refractivity contribution is -0.126. The molecule has 1 aromatic heterocycles. The lowest BCUT2D eigenvalue weighted by Gasteiger charge is -2.33. The molecule has 114 valence electrons. The van der Waals surface area contributed by atoms with Gasteiger partial charge in [0.1, 0.15) is 11.5 Å². The Morgan fingerprint density at radius 3 is 2.86 bits per heavy atom. The molecule has 1 N–H and O–H groups in total. The highest BCUT2D eigenvalue weighted by atomic mass is 19.1. The van der Waals surface area contributed by atoms with Crippen molar-refractivity contribution in [1.82, 2.24) is 9.97 Å². The fourth-order valence-corrected chi connectivity index (χ4v) is 3.21. The Hall–Kier alpha value is -1.72. The smallest absolute Gasteiger partial charge is 0.264 e. The minimum absolute atomic E-state index is 0.0729. The highest BCUT2D eigenvalue weighted by Crippen LogP contribution is 2.37. The third-order valence-electron chi connectivity index (χ3n) is 4.56. The second-order valence-corrected chi connectivity index (χ2v) is 5.99. The molecule has 1 aliphatic heterocycles. The molecule has 1 aromatic rings. The van der Waals surface area contributed by atoms with Crippen LogP contribution in [0, 0.1) is 6.92 Å². The lowest BCUT2D eigenvalue weighted by Crippen LogP contribution is -2.48. The fourth-order valence-electron chi connectivity index (χ4n) is 3.21. The van der Waals surface area contributed by atoms with E-state index in [1.54, 1.807) is 13.1 Å². The largest absolute Gasteiger partial charge is 0.348 e. The number of carbonyl (C=O) groups excluding carboxylic acids is 1. The van der Waals surface area contributed by atoms with Gasteiger partial charge in [-0.05, 0) is 26.2 Å². The summed E-state index contributed by atoms with van der Waals surface area (Å²) in [6.07, 6.45) is 6.08. The highest BCUT2D eigenvalue weighted by Gasteiger charge is 2.44. The highest BCUT2D eigenvalue weighted by molar-refractivity contribution is 6.01. The van der Waals surface area contributed by atoms with Crippen LogP contribution in [0.1, 0.15) is 44.9 Å². The molecule has 1 unspecified atom stereocenters. The van der Waals surface area contributed by atoms with Gasteiger partial charge >= 0.3 is 0 Å². The lowest BCUT2D eigenvalue weighted by atomic mass is 10.0. The van der Waals surface area contributed by atoms with E-state index in [2.05, 4.69) is 15.3 Å². The number of aryl methyl sites for hydroxylation is 1. The Morgan fingerprint density at radius 1 is 1.48 bits per heavy atom. The Kier molecular flexibility index (Phi) is 3.55. The number of alkyl halides is 1. The summed E-state index contributed by atoms with van der Waals surface area (Å²) in [4.78, 5) is 22.8. The van der Waals surface area contributed by atoms with Gasteiger partial charge in [0, 0.05) is 6.04 Å². The molecule has 21 heavy (non-hydrogen) atoms. The summed E-state index contributed by atoms with van der Waals surface area (Å²) < 4.78 is 15.0. The van der Waals surface area contributed by atoms with Gasteiger partial charge in [-0.2, -0.15) is 0 Å². The van der Waals surface area contributed by atoms with Gasteiger partial charge in [-0.15, -0.1) is 0 Å². The third-order valence-corrected chi connectivity index (χ3v) is 4.56. The number of hydrogen-bond acceptors (Lipinski definition) is 4. The van der Waals surface area contributed by atoms with Crippen LogP contribution in [-0.2, 0) is 4.79 Å². The van der Waals surface area contributed by atoms with Crippen molar-refractivity contribution >= 4 is 17.4 Å². The zero-order chi connectivity index (χ0) is 15.0. The van der Waals surface area contributed by atoms with Gasteiger partial charge in [-0.25, -0.2) is 14.4 Å². The van der Waals surface area contributed by atoms with E-state index < -0.39 is 11.6 Å². The number of aromatic nitrogens is 2. The van der Waals surface area contributed by atoms with Crippen molar-refractivity contribution in [2.75, 3.05) is 16.8 Å². The normalized spacial score (nSPS) is 26.4. The SMILES string of the molecule is CCC1(F)CN(C2CCCC2)c2nc(C)ncc2NC1=O. The molecule has 2 aliphatic rings. The van der Waals surface area contributed by atoms with Gasteiger partial charge in [-0.3, -0.25) is 4.79 Å². The van der Waals surface area contributed by atoms with E-state index in [0.29, 0.717) is 17.3 Å². The molecule has 1 atom stereocenters. The number of fused-ring (bicyclic) bond motifs is 1. The Morgan fingerprint density at radius 2 is 2.19 bits per heavy atom. The molecule has 1 aliphatic carbocycles. The summed E-state index contributed by atoms with van der Waals surface area (Å²) in [7, 11) is 0. The first-order chi connectivity index (χ1) is 10.0. The number of hydrogen-bond donors (Lipinski definition) is 1. The van der Waals surface area contributed by atoms with Crippen LogP contribution in [0.4, 0.5) is 15.9 Å². The zero-order valence-corrected chi connectivity index (χ0v) is 12.5. The average molecular weight is 292 g/mol. The fraction of sp³-hybridized carbons (Fsp3) is 0.667. The molecule has 0 bridgehead atoms. The van der Waals surface area contributed by atoms with Crippen LogP contribution in [-0.4, -0.2) is 34.1 Å². The maximum Gasteiger partial charge on any atom is 0.264 e. The number of amides is 1. The topological polar surface area (TPSA) is 58.1 Å². The zero-order valence-electron chi connectivity index (χ0n) is 12.5. The minimum Gasteiger partial charge on any atom is -0.348 e. The molecule has 1 saturated carbocycles. The van der Waals surface area contributed by atoms with Crippen molar-refractivity contribution in [3.8, 4) is 0 Å². The summed E-state index contributed by atoms with van der Waals surface area (Å²) in [5, 5.41) is 2.66. The van der Waals surface area contributed by atoms with Crippen LogP contribution in [0.25, 0.3) is 0 Å². The quantitative estimate of drug-likeness (QED) is 0.910. The van der Waals surface area contributed by atoms with E-state index in [9.17, 15) is 4.79 Å². The van der Waals surface area contributed by atoms with Gasteiger partial charge in [0.15, 0.2) is 5.82 Å². The molecule has 0 radical (unpaired) electrons. The number of nitrogens with zero attached hydrogens (tertiary/aromatic N) is 3. The molecule has 3 rings (SSSR count). The molecular weight excluding hydrogens is 271 g/mol. The monoisotopic (exact) mass is 292 g/mol. The van der Waals surface area contributed by atoms with E-state index in [-0.39, 0.29) is 19.0 Å². The molecule has 1 amide bonds. The van der Waals surface area contributed by atoms with E-state index >= 15 is 4.39 Å². The molecule has 6 heteroatoms. The van der Waals surface area contributed by atoms with Crippen molar-refractivity contribution in [3.63, 3.8) is 0 Å². The van der Waals surface area contributed by atoms with Crippen molar-refractivity contribution in [2.24, 2.45) is 0 Å². The third kappa shape index (κ3) is 2.47. The number of halogens is 1. The van der Waals surface area contributed by atoms with Crippen LogP contribution in [0.2, 0.25) is 0 Å². The molecule has 5 nitrogen and oxygen atoms in total.